The number of fused-ring (bicyclic) bond motifs is 1. The molecule has 6 heteroatoms. The van der Waals surface area contributed by atoms with Crippen LogP contribution in [-0.2, 0) is 13.5 Å². The molecule has 0 radical (unpaired) electrons. The molecule has 3 aromatic heterocycles. The fourth-order valence-electron chi connectivity index (χ4n) is 3.56. The van der Waals surface area contributed by atoms with Crippen LogP contribution in [0.1, 0.15) is 28.8 Å². The Hall–Kier alpha value is -2.63. The highest BCUT2D eigenvalue weighted by Gasteiger charge is 2.25. The highest BCUT2D eigenvalue weighted by Crippen LogP contribution is 2.23. The number of aromatic amines is 1. The molecule has 0 saturated carbocycles. The van der Waals surface area contributed by atoms with E-state index in [4.69, 9.17) is 0 Å². The number of hydrogen-bond acceptors (Lipinski definition) is 3. The monoisotopic (exact) mass is 323 g/mol. The predicted octanol–water partition coefficient (Wildman–Crippen LogP) is 2.39. The molecule has 1 atom stereocenters. The lowest BCUT2D eigenvalue weighted by Gasteiger charge is -2.32. The van der Waals surface area contributed by atoms with Gasteiger partial charge in [-0.3, -0.25) is 9.48 Å². The Balaban J connectivity index is 1.45. The molecule has 3 aromatic rings. The van der Waals surface area contributed by atoms with Crippen LogP contribution in [0, 0.1) is 5.92 Å². The molecule has 4 rings (SSSR count). The number of rotatable bonds is 3. The number of aryl methyl sites for hydroxylation is 1. The van der Waals surface area contributed by atoms with E-state index in [0.717, 1.165) is 43.4 Å². The van der Waals surface area contributed by atoms with Crippen molar-refractivity contribution in [3.8, 4) is 0 Å². The summed E-state index contributed by atoms with van der Waals surface area (Å²) in [5.74, 6) is 0.574. The first-order chi connectivity index (χ1) is 11.7. The van der Waals surface area contributed by atoms with Gasteiger partial charge in [0.1, 0.15) is 5.65 Å². The molecule has 1 aliphatic heterocycles. The zero-order chi connectivity index (χ0) is 16.5. The van der Waals surface area contributed by atoms with E-state index < -0.39 is 0 Å². The van der Waals surface area contributed by atoms with Crippen LogP contribution in [-0.4, -0.2) is 43.6 Å². The third-order valence-corrected chi connectivity index (χ3v) is 4.74. The number of aromatic nitrogens is 4. The van der Waals surface area contributed by atoms with Gasteiger partial charge in [-0.15, -0.1) is 0 Å². The Morgan fingerprint density at radius 3 is 3.17 bits per heavy atom. The predicted molar refractivity (Wildman–Crippen MR) is 91.6 cm³/mol. The molecule has 1 fully saturated rings. The molecule has 1 aliphatic rings. The number of nitrogens with zero attached hydrogens (tertiary/aromatic N) is 4. The van der Waals surface area contributed by atoms with E-state index in [0.29, 0.717) is 11.5 Å². The topological polar surface area (TPSA) is 66.8 Å². The van der Waals surface area contributed by atoms with Crippen molar-refractivity contribution in [3.05, 3.63) is 48.0 Å². The van der Waals surface area contributed by atoms with Crippen molar-refractivity contribution < 1.29 is 4.79 Å². The number of H-pyrrole nitrogens is 1. The van der Waals surface area contributed by atoms with Crippen molar-refractivity contribution in [1.82, 2.24) is 24.6 Å². The Morgan fingerprint density at radius 2 is 2.33 bits per heavy atom. The molecular formula is C18H21N5O. The van der Waals surface area contributed by atoms with E-state index >= 15 is 0 Å². The van der Waals surface area contributed by atoms with E-state index in [9.17, 15) is 4.79 Å². The molecule has 1 amide bonds. The summed E-state index contributed by atoms with van der Waals surface area (Å²) in [7, 11) is 1.83. The Kier molecular flexibility index (Phi) is 3.80. The van der Waals surface area contributed by atoms with Crippen LogP contribution >= 0.6 is 0 Å². The van der Waals surface area contributed by atoms with Gasteiger partial charge in [-0.25, -0.2) is 4.98 Å². The SMILES string of the molecule is Cn1cc(C(=O)N2CCC[C@H](Cc3cnc4[nH]ccc4c3)C2)cn1. The van der Waals surface area contributed by atoms with Crippen LogP contribution in [0.2, 0.25) is 0 Å². The Labute approximate surface area is 140 Å². The summed E-state index contributed by atoms with van der Waals surface area (Å²) in [5, 5.41) is 5.25. The minimum Gasteiger partial charge on any atom is -0.346 e. The maximum absolute atomic E-state index is 12.6. The zero-order valence-corrected chi connectivity index (χ0v) is 13.8. The molecule has 1 N–H and O–H groups in total. The number of hydrogen-bond donors (Lipinski definition) is 1. The zero-order valence-electron chi connectivity index (χ0n) is 13.8. The smallest absolute Gasteiger partial charge is 0.257 e. The summed E-state index contributed by atoms with van der Waals surface area (Å²) < 4.78 is 1.67. The molecule has 24 heavy (non-hydrogen) atoms. The highest BCUT2D eigenvalue weighted by molar-refractivity contribution is 5.93. The van der Waals surface area contributed by atoms with Crippen molar-refractivity contribution in [2.75, 3.05) is 13.1 Å². The fourth-order valence-corrected chi connectivity index (χ4v) is 3.56. The summed E-state index contributed by atoms with van der Waals surface area (Å²) in [6, 6.07) is 4.24. The average Bonchev–Trinajstić information content (AvgIpc) is 3.23. The van der Waals surface area contributed by atoms with Gasteiger partial charge in [-0.1, -0.05) is 0 Å². The Bertz CT molecular complexity index is 865. The van der Waals surface area contributed by atoms with Crippen LogP contribution in [0.3, 0.4) is 0 Å². The standard InChI is InChI=1S/C18H21N5O/c1-22-12-16(10-21-22)18(24)23-6-2-3-13(11-23)7-14-8-15-4-5-19-17(15)20-9-14/h4-5,8-10,12-13H,2-3,6-7,11H2,1H3,(H,19,20)/t13-/m1/s1. The van der Waals surface area contributed by atoms with Gasteiger partial charge < -0.3 is 9.88 Å². The largest absolute Gasteiger partial charge is 0.346 e. The second-order valence-electron chi connectivity index (χ2n) is 6.63. The van der Waals surface area contributed by atoms with E-state index in [1.807, 2.05) is 30.4 Å². The molecular weight excluding hydrogens is 302 g/mol. The van der Waals surface area contributed by atoms with E-state index in [1.54, 1.807) is 17.1 Å². The average molecular weight is 323 g/mol. The first kappa shape index (κ1) is 14.9. The number of likely N-dealkylation sites (tertiary alicyclic amines) is 1. The number of amides is 1. The van der Waals surface area contributed by atoms with Crippen LogP contribution in [0.25, 0.3) is 11.0 Å². The van der Waals surface area contributed by atoms with Crippen LogP contribution in [0.5, 0.6) is 0 Å². The van der Waals surface area contributed by atoms with Crippen molar-refractivity contribution in [2.45, 2.75) is 19.3 Å². The van der Waals surface area contributed by atoms with Gasteiger partial charge in [0.05, 0.1) is 11.8 Å². The molecule has 0 bridgehead atoms. The summed E-state index contributed by atoms with van der Waals surface area (Å²) in [4.78, 5) is 22.2. The molecule has 0 aliphatic carbocycles. The van der Waals surface area contributed by atoms with Gasteiger partial charge >= 0.3 is 0 Å². The number of pyridine rings is 1. The quantitative estimate of drug-likeness (QED) is 0.805. The lowest BCUT2D eigenvalue weighted by molar-refractivity contribution is 0.0673. The van der Waals surface area contributed by atoms with Gasteiger partial charge in [0.15, 0.2) is 0 Å². The van der Waals surface area contributed by atoms with Crippen molar-refractivity contribution in [2.24, 2.45) is 13.0 Å². The van der Waals surface area contributed by atoms with E-state index in [-0.39, 0.29) is 5.91 Å². The molecule has 0 unspecified atom stereocenters. The molecule has 4 heterocycles. The summed E-state index contributed by atoms with van der Waals surface area (Å²) in [5.41, 5.74) is 2.84. The van der Waals surface area contributed by atoms with Gasteiger partial charge in [-0.05, 0) is 42.9 Å². The van der Waals surface area contributed by atoms with Crippen molar-refractivity contribution in [3.63, 3.8) is 0 Å². The normalized spacial score (nSPS) is 18.2. The number of nitrogens with one attached hydrogen (secondary N) is 1. The molecule has 124 valence electrons. The van der Waals surface area contributed by atoms with Gasteiger partial charge in [0, 0.05) is 44.1 Å². The minimum atomic E-state index is 0.0898. The third kappa shape index (κ3) is 2.91. The van der Waals surface area contributed by atoms with Crippen LogP contribution in [0.4, 0.5) is 0 Å². The summed E-state index contributed by atoms with van der Waals surface area (Å²) >= 11 is 0. The lowest BCUT2D eigenvalue weighted by Crippen LogP contribution is -2.40. The van der Waals surface area contributed by atoms with Gasteiger partial charge in [-0.2, -0.15) is 5.10 Å². The second-order valence-corrected chi connectivity index (χ2v) is 6.63. The maximum Gasteiger partial charge on any atom is 0.257 e. The van der Waals surface area contributed by atoms with E-state index in [2.05, 4.69) is 21.1 Å². The number of carbonyl (C=O) groups is 1. The first-order valence-electron chi connectivity index (χ1n) is 8.39. The lowest BCUT2D eigenvalue weighted by atomic mass is 9.91. The Morgan fingerprint density at radius 1 is 1.42 bits per heavy atom. The number of piperidine rings is 1. The third-order valence-electron chi connectivity index (χ3n) is 4.74. The van der Waals surface area contributed by atoms with Crippen LogP contribution < -0.4 is 0 Å². The van der Waals surface area contributed by atoms with Crippen molar-refractivity contribution in [1.29, 1.82) is 0 Å². The molecule has 6 nitrogen and oxygen atoms in total. The van der Waals surface area contributed by atoms with Gasteiger partial charge in [0.25, 0.3) is 5.91 Å². The highest BCUT2D eigenvalue weighted by atomic mass is 16.2. The van der Waals surface area contributed by atoms with Crippen molar-refractivity contribution >= 4 is 16.9 Å². The second kappa shape index (κ2) is 6.11. The molecule has 1 saturated heterocycles. The maximum atomic E-state index is 12.6. The summed E-state index contributed by atoms with van der Waals surface area (Å²) in [6.45, 7) is 1.64. The summed E-state index contributed by atoms with van der Waals surface area (Å²) in [6.07, 6.45) is 10.5. The molecule has 0 spiro atoms. The first-order valence-corrected chi connectivity index (χ1v) is 8.39. The van der Waals surface area contributed by atoms with Crippen LogP contribution in [0.15, 0.2) is 36.9 Å². The fraction of sp³-hybridized carbons (Fsp3) is 0.389. The van der Waals surface area contributed by atoms with Gasteiger partial charge in [0.2, 0.25) is 0 Å². The number of carbonyl (C=O) groups excluding carboxylic acids is 1. The minimum absolute atomic E-state index is 0.0898. The molecule has 0 aromatic carbocycles. The van der Waals surface area contributed by atoms with E-state index in [1.165, 1.54) is 5.56 Å².